The molecule has 0 aliphatic carbocycles. The van der Waals surface area contributed by atoms with Gasteiger partial charge in [-0.3, -0.25) is 0 Å². The molecular formula is C15H24N2O3S. The number of aryl methyl sites for hydroxylation is 1. The van der Waals surface area contributed by atoms with Gasteiger partial charge in [-0.15, -0.1) is 0 Å². The monoisotopic (exact) mass is 312 g/mol. The van der Waals surface area contributed by atoms with Gasteiger partial charge in [-0.2, -0.15) is 4.31 Å². The number of aliphatic hydroxyl groups is 1. The molecule has 0 amide bonds. The van der Waals surface area contributed by atoms with E-state index in [1.807, 2.05) is 12.1 Å². The first-order valence-corrected chi connectivity index (χ1v) is 8.80. The molecule has 2 rings (SSSR count). The fourth-order valence-electron chi connectivity index (χ4n) is 2.66. The van der Waals surface area contributed by atoms with Gasteiger partial charge in [0.25, 0.3) is 0 Å². The van der Waals surface area contributed by atoms with E-state index in [0.29, 0.717) is 13.0 Å². The van der Waals surface area contributed by atoms with E-state index in [-0.39, 0.29) is 11.4 Å². The first kappa shape index (κ1) is 16.4. The van der Waals surface area contributed by atoms with Crippen LogP contribution in [0.5, 0.6) is 0 Å². The summed E-state index contributed by atoms with van der Waals surface area (Å²) in [6, 6.07) is 7.01. The van der Waals surface area contributed by atoms with Crippen molar-refractivity contribution in [2.45, 2.75) is 36.7 Å². The van der Waals surface area contributed by atoms with E-state index in [4.69, 9.17) is 0 Å². The Morgan fingerprint density at radius 3 is 2.52 bits per heavy atom. The minimum Gasteiger partial charge on any atom is -0.387 e. The Labute approximate surface area is 127 Å². The fraction of sp³-hybridized carbons (Fsp3) is 0.600. The van der Waals surface area contributed by atoms with E-state index in [0.717, 1.165) is 24.9 Å². The molecule has 0 spiro atoms. The van der Waals surface area contributed by atoms with Gasteiger partial charge in [0.15, 0.2) is 0 Å². The van der Waals surface area contributed by atoms with Crippen molar-refractivity contribution in [2.75, 3.05) is 26.7 Å². The van der Waals surface area contributed by atoms with Crippen LogP contribution in [0, 0.1) is 0 Å². The highest BCUT2D eigenvalue weighted by atomic mass is 32.2. The summed E-state index contributed by atoms with van der Waals surface area (Å²) in [5, 5.41) is 13.4. The molecule has 5 nitrogen and oxygen atoms in total. The first-order valence-electron chi connectivity index (χ1n) is 7.36. The second-order valence-electron chi connectivity index (χ2n) is 5.81. The number of benzene rings is 1. The van der Waals surface area contributed by atoms with Gasteiger partial charge < -0.3 is 10.4 Å². The summed E-state index contributed by atoms with van der Waals surface area (Å²) in [6.45, 7) is 3.35. The average Bonchev–Trinajstić information content (AvgIpc) is 2.86. The molecule has 21 heavy (non-hydrogen) atoms. The quantitative estimate of drug-likeness (QED) is 0.822. The van der Waals surface area contributed by atoms with Crippen LogP contribution in [0.3, 0.4) is 0 Å². The normalized spacial score (nSPS) is 22.9. The van der Waals surface area contributed by atoms with E-state index in [2.05, 4.69) is 12.2 Å². The SMILES string of the molecule is CCCc1ccc(S(=O)(=O)N(C)CC2(O)CCNC2)cc1. The van der Waals surface area contributed by atoms with Crippen LogP contribution in [-0.4, -0.2) is 50.1 Å². The Balaban J connectivity index is 2.12. The highest BCUT2D eigenvalue weighted by molar-refractivity contribution is 7.89. The Morgan fingerprint density at radius 1 is 1.33 bits per heavy atom. The van der Waals surface area contributed by atoms with Crippen LogP contribution in [-0.2, 0) is 16.4 Å². The molecule has 1 aliphatic rings. The molecule has 1 heterocycles. The molecule has 1 saturated heterocycles. The zero-order valence-electron chi connectivity index (χ0n) is 12.7. The smallest absolute Gasteiger partial charge is 0.242 e. The Hall–Kier alpha value is -0.950. The second-order valence-corrected chi connectivity index (χ2v) is 7.85. The Kier molecular flexibility index (Phi) is 5.03. The van der Waals surface area contributed by atoms with Gasteiger partial charge in [-0.25, -0.2) is 8.42 Å². The molecule has 118 valence electrons. The third kappa shape index (κ3) is 3.83. The number of sulfonamides is 1. The fourth-order valence-corrected chi connectivity index (χ4v) is 3.91. The highest BCUT2D eigenvalue weighted by Gasteiger charge is 2.35. The predicted octanol–water partition coefficient (Wildman–Crippen LogP) is 0.984. The standard InChI is InChI=1S/C15H24N2O3S/c1-3-4-13-5-7-14(8-6-13)21(19,20)17(2)12-15(18)9-10-16-11-15/h5-8,16,18H,3-4,9-12H2,1-2H3. The molecule has 1 aromatic rings. The molecule has 1 aliphatic heterocycles. The van der Waals surface area contributed by atoms with Crippen LogP contribution in [0.15, 0.2) is 29.2 Å². The molecule has 1 unspecified atom stereocenters. The van der Waals surface area contributed by atoms with Crippen molar-refractivity contribution in [3.8, 4) is 0 Å². The Morgan fingerprint density at radius 2 is 2.00 bits per heavy atom. The summed E-state index contributed by atoms with van der Waals surface area (Å²) in [5.74, 6) is 0. The summed E-state index contributed by atoms with van der Waals surface area (Å²) >= 11 is 0. The van der Waals surface area contributed by atoms with Crippen LogP contribution >= 0.6 is 0 Å². The average molecular weight is 312 g/mol. The molecule has 1 aromatic carbocycles. The number of β-amino-alcohol motifs (C(OH)–C–C–N with tert-alkyl or cyclic N) is 1. The van der Waals surface area contributed by atoms with E-state index >= 15 is 0 Å². The van der Waals surface area contributed by atoms with Gasteiger partial charge >= 0.3 is 0 Å². The Bertz CT molecular complexity index is 563. The molecule has 2 N–H and O–H groups in total. The molecule has 6 heteroatoms. The van der Waals surface area contributed by atoms with Gasteiger partial charge in [0, 0.05) is 20.1 Å². The lowest BCUT2D eigenvalue weighted by molar-refractivity contribution is 0.0462. The third-order valence-electron chi connectivity index (χ3n) is 3.91. The van der Waals surface area contributed by atoms with Gasteiger partial charge in [0.2, 0.25) is 10.0 Å². The maximum absolute atomic E-state index is 12.5. The van der Waals surface area contributed by atoms with Gasteiger partial charge in [0.05, 0.1) is 10.5 Å². The van der Waals surface area contributed by atoms with Crippen molar-refractivity contribution in [1.82, 2.24) is 9.62 Å². The summed E-state index contributed by atoms with van der Waals surface area (Å²) < 4.78 is 26.3. The predicted molar refractivity (Wildman–Crippen MR) is 82.7 cm³/mol. The number of rotatable bonds is 6. The summed E-state index contributed by atoms with van der Waals surface area (Å²) in [4.78, 5) is 0.277. The van der Waals surface area contributed by atoms with Gasteiger partial charge in [0.1, 0.15) is 0 Å². The van der Waals surface area contributed by atoms with E-state index < -0.39 is 15.6 Å². The van der Waals surface area contributed by atoms with Crippen LogP contribution in [0.25, 0.3) is 0 Å². The van der Waals surface area contributed by atoms with Crippen LogP contribution in [0.1, 0.15) is 25.3 Å². The first-order chi connectivity index (χ1) is 9.87. The van der Waals surface area contributed by atoms with Crippen molar-refractivity contribution in [3.63, 3.8) is 0 Å². The lowest BCUT2D eigenvalue weighted by Crippen LogP contribution is -2.45. The van der Waals surface area contributed by atoms with E-state index in [1.54, 1.807) is 12.1 Å². The summed E-state index contributed by atoms with van der Waals surface area (Å²) in [6.07, 6.45) is 2.55. The molecule has 0 bridgehead atoms. The van der Waals surface area contributed by atoms with Crippen molar-refractivity contribution >= 4 is 10.0 Å². The van der Waals surface area contributed by atoms with E-state index in [1.165, 1.54) is 11.4 Å². The number of nitrogens with zero attached hydrogens (tertiary/aromatic N) is 1. The summed E-state index contributed by atoms with van der Waals surface area (Å²) in [7, 11) is -2.03. The number of hydrogen-bond acceptors (Lipinski definition) is 4. The second kappa shape index (κ2) is 6.44. The van der Waals surface area contributed by atoms with Crippen molar-refractivity contribution in [1.29, 1.82) is 0 Å². The molecule has 1 atom stereocenters. The minimum absolute atomic E-state index is 0.110. The lowest BCUT2D eigenvalue weighted by atomic mass is 10.0. The number of nitrogens with one attached hydrogen (secondary N) is 1. The van der Waals surface area contributed by atoms with Crippen molar-refractivity contribution in [2.24, 2.45) is 0 Å². The summed E-state index contributed by atoms with van der Waals surface area (Å²) in [5.41, 5.74) is 0.168. The lowest BCUT2D eigenvalue weighted by Gasteiger charge is -2.27. The van der Waals surface area contributed by atoms with Crippen molar-refractivity contribution in [3.05, 3.63) is 29.8 Å². The van der Waals surface area contributed by atoms with Crippen LogP contribution in [0.2, 0.25) is 0 Å². The van der Waals surface area contributed by atoms with Gasteiger partial charge in [-0.1, -0.05) is 25.5 Å². The topological polar surface area (TPSA) is 69.6 Å². The van der Waals surface area contributed by atoms with E-state index in [9.17, 15) is 13.5 Å². The number of hydrogen-bond donors (Lipinski definition) is 2. The number of likely N-dealkylation sites (N-methyl/N-ethyl adjacent to an activating group) is 1. The largest absolute Gasteiger partial charge is 0.387 e. The zero-order chi connectivity index (χ0) is 15.5. The maximum atomic E-state index is 12.5. The van der Waals surface area contributed by atoms with Gasteiger partial charge in [-0.05, 0) is 37.1 Å². The third-order valence-corrected chi connectivity index (χ3v) is 5.73. The maximum Gasteiger partial charge on any atom is 0.242 e. The highest BCUT2D eigenvalue weighted by Crippen LogP contribution is 2.21. The molecule has 1 fully saturated rings. The minimum atomic E-state index is -3.55. The van der Waals surface area contributed by atoms with Crippen LogP contribution < -0.4 is 5.32 Å². The molecule has 0 aromatic heterocycles. The zero-order valence-corrected chi connectivity index (χ0v) is 13.5. The molecular weight excluding hydrogens is 288 g/mol. The van der Waals surface area contributed by atoms with Crippen molar-refractivity contribution < 1.29 is 13.5 Å². The molecule has 0 radical (unpaired) electrons. The molecule has 0 saturated carbocycles. The van der Waals surface area contributed by atoms with Crippen LogP contribution in [0.4, 0.5) is 0 Å².